The maximum atomic E-state index is 12.3. The Morgan fingerprint density at radius 1 is 0.906 bits per heavy atom. The van der Waals surface area contributed by atoms with Gasteiger partial charge in [-0.3, -0.25) is 19.7 Å². The number of methoxy groups -OCH3 is 1. The van der Waals surface area contributed by atoms with Gasteiger partial charge in [-0.15, -0.1) is 0 Å². The molecule has 0 unspecified atom stereocenters. The van der Waals surface area contributed by atoms with Crippen molar-refractivity contribution in [1.29, 1.82) is 0 Å². The molecule has 3 heterocycles. The lowest BCUT2D eigenvalue weighted by Crippen LogP contribution is -2.19. The van der Waals surface area contributed by atoms with E-state index < -0.39 is 11.8 Å². The second-order valence-corrected chi connectivity index (χ2v) is 7.96. The normalized spacial score (nSPS) is 17.6. The van der Waals surface area contributed by atoms with Crippen LogP contribution in [0, 0.1) is 0 Å². The smallest absolute Gasteiger partial charge is 0.264 e. The molecule has 8 nitrogen and oxygen atoms in total. The molecule has 3 aromatic rings. The monoisotopic (exact) mass is 445 g/mol. The van der Waals surface area contributed by atoms with Crippen molar-refractivity contribution in [1.82, 2.24) is 10.6 Å². The van der Waals surface area contributed by atoms with Crippen LogP contribution in [0.3, 0.4) is 0 Å². The third-order valence-electron chi connectivity index (χ3n) is 4.87. The highest BCUT2D eigenvalue weighted by atomic mass is 32.2. The van der Waals surface area contributed by atoms with Crippen LogP contribution in [-0.4, -0.2) is 30.0 Å². The van der Waals surface area contributed by atoms with E-state index in [9.17, 15) is 14.4 Å². The standard InChI is InChI=1S/C23H15N3O5S/c1-30-14-5-3-13(4-6-14)24-23-26-22(29)19(32-23)11-15-7-9-18(31-15)12-2-8-16-17(10-12)21(28)25-20(16)27/h2-11H,1H3,(H,24,26,29)(H,25,27,28)/b19-11+. The maximum Gasteiger partial charge on any atom is 0.264 e. The number of amides is 3. The van der Waals surface area contributed by atoms with Crippen LogP contribution in [-0.2, 0) is 4.79 Å². The number of ether oxygens (including phenoxy) is 1. The lowest BCUT2D eigenvalue weighted by atomic mass is 10.0. The molecule has 0 bridgehead atoms. The summed E-state index contributed by atoms with van der Waals surface area (Å²) < 4.78 is 11.0. The summed E-state index contributed by atoms with van der Waals surface area (Å²) in [5.41, 5.74) is 2.00. The van der Waals surface area contributed by atoms with Crippen molar-refractivity contribution in [2.24, 2.45) is 4.99 Å². The molecule has 158 valence electrons. The van der Waals surface area contributed by atoms with Gasteiger partial charge in [-0.05, 0) is 60.3 Å². The lowest BCUT2D eigenvalue weighted by Gasteiger charge is -2.00. The number of rotatable bonds is 4. The zero-order chi connectivity index (χ0) is 22.2. The zero-order valence-electron chi connectivity index (χ0n) is 16.7. The number of nitrogens with one attached hydrogen (secondary N) is 2. The van der Waals surface area contributed by atoms with Gasteiger partial charge in [0.2, 0.25) is 0 Å². The van der Waals surface area contributed by atoms with Crippen molar-refractivity contribution in [2.75, 3.05) is 7.11 Å². The number of carbonyl (C=O) groups is 3. The summed E-state index contributed by atoms with van der Waals surface area (Å²) in [6, 6.07) is 15.6. The number of thioether (sulfide) groups is 1. The second-order valence-electron chi connectivity index (χ2n) is 6.93. The molecule has 0 saturated carbocycles. The molecule has 0 radical (unpaired) electrons. The predicted molar refractivity (Wildman–Crippen MR) is 120 cm³/mol. The van der Waals surface area contributed by atoms with E-state index in [1.54, 1.807) is 67.8 Å². The molecule has 2 aliphatic rings. The Labute approximate surface area is 186 Å². The van der Waals surface area contributed by atoms with Crippen LogP contribution < -0.4 is 15.4 Å². The van der Waals surface area contributed by atoms with Crippen LogP contribution in [0.4, 0.5) is 5.69 Å². The summed E-state index contributed by atoms with van der Waals surface area (Å²) in [4.78, 5) is 40.8. The first-order valence-corrected chi connectivity index (χ1v) is 10.4. The third kappa shape index (κ3) is 3.69. The van der Waals surface area contributed by atoms with Crippen LogP contribution >= 0.6 is 11.8 Å². The Morgan fingerprint density at radius 2 is 1.69 bits per heavy atom. The van der Waals surface area contributed by atoms with Gasteiger partial charge in [-0.2, -0.15) is 0 Å². The SMILES string of the molecule is COc1ccc(N=C2NC(=O)/C(=C\c3ccc(-c4ccc5c(c4)C(=O)NC5=O)o3)S2)cc1. The van der Waals surface area contributed by atoms with Gasteiger partial charge in [-0.25, -0.2) is 4.99 Å². The van der Waals surface area contributed by atoms with Crippen LogP contribution in [0.15, 0.2) is 68.9 Å². The summed E-state index contributed by atoms with van der Waals surface area (Å²) in [7, 11) is 1.59. The number of amidine groups is 1. The number of hydrogen-bond donors (Lipinski definition) is 2. The van der Waals surface area contributed by atoms with Gasteiger partial charge in [-0.1, -0.05) is 6.07 Å². The summed E-state index contributed by atoms with van der Waals surface area (Å²) >= 11 is 1.21. The second kappa shape index (κ2) is 7.86. The molecule has 1 saturated heterocycles. The number of aliphatic imine (C=N–C) groups is 1. The average Bonchev–Trinajstić information content (AvgIpc) is 3.47. The van der Waals surface area contributed by atoms with E-state index in [1.807, 2.05) is 0 Å². The molecule has 2 N–H and O–H groups in total. The number of furan rings is 1. The van der Waals surface area contributed by atoms with Crippen LogP contribution in [0.2, 0.25) is 0 Å². The van der Waals surface area contributed by atoms with E-state index in [0.717, 1.165) is 5.75 Å². The molecule has 5 rings (SSSR count). The summed E-state index contributed by atoms with van der Waals surface area (Å²) in [6.45, 7) is 0. The van der Waals surface area contributed by atoms with Crippen molar-refractivity contribution >= 4 is 46.4 Å². The number of benzene rings is 2. The number of nitrogens with zero attached hydrogens (tertiary/aromatic N) is 1. The highest BCUT2D eigenvalue weighted by Gasteiger charge is 2.27. The molecule has 2 aromatic carbocycles. The number of imide groups is 1. The van der Waals surface area contributed by atoms with E-state index in [4.69, 9.17) is 9.15 Å². The molecule has 9 heteroatoms. The first kappa shape index (κ1) is 19.8. The van der Waals surface area contributed by atoms with Gasteiger partial charge in [0.25, 0.3) is 17.7 Å². The lowest BCUT2D eigenvalue weighted by molar-refractivity contribution is -0.115. The summed E-state index contributed by atoms with van der Waals surface area (Å²) in [5.74, 6) is 0.614. The average molecular weight is 445 g/mol. The zero-order valence-corrected chi connectivity index (χ0v) is 17.5. The van der Waals surface area contributed by atoms with E-state index >= 15 is 0 Å². The number of hydrogen-bond acceptors (Lipinski definition) is 7. The molecule has 1 fully saturated rings. The molecular formula is C23H15N3O5S. The molecule has 32 heavy (non-hydrogen) atoms. The van der Waals surface area contributed by atoms with E-state index in [2.05, 4.69) is 15.6 Å². The van der Waals surface area contributed by atoms with Gasteiger partial charge >= 0.3 is 0 Å². The van der Waals surface area contributed by atoms with Crippen molar-refractivity contribution < 1.29 is 23.5 Å². The topological polar surface area (TPSA) is 110 Å². The van der Waals surface area contributed by atoms with Crippen molar-refractivity contribution in [3.05, 3.63) is 76.4 Å². The Bertz CT molecular complexity index is 1340. The number of fused-ring (bicyclic) bond motifs is 1. The molecular weight excluding hydrogens is 430 g/mol. The Morgan fingerprint density at radius 3 is 2.47 bits per heavy atom. The number of carbonyl (C=O) groups excluding carboxylic acids is 3. The minimum atomic E-state index is -0.427. The fourth-order valence-corrected chi connectivity index (χ4v) is 4.11. The Balaban J connectivity index is 1.36. The molecule has 0 aliphatic carbocycles. The van der Waals surface area contributed by atoms with Crippen LogP contribution in [0.25, 0.3) is 17.4 Å². The highest BCUT2D eigenvalue weighted by Crippen LogP contribution is 2.31. The fraction of sp³-hybridized carbons (Fsp3) is 0.0435. The van der Waals surface area contributed by atoms with Crippen molar-refractivity contribution in [3.63, 3.8) is 0 Å². The van der Waals surface area contributed by atoms with E-state index in [-0.39, 0.29) is 5.91 Å². The fourth-order valence-electron chi connectivity index (χ4n) is 3.29. The first-order valence-electron chi connectivity index (χ1n) is 9.54. The largest absolute Gasteiger partial charge is 0.497 e. The van der Waals surface area contributed by atoms with Gasteiger partial charge < -0.3 is 14.5 Å². The summed E-state index contributed by atoms with van der Waals surface area (Å²) in [5, 5.41) is 5.46. The molecule has 2 aliphatic heterocycles. The first-order chi connectivity index (χ1) is 15.5. The van der Waals surface area contributed by atoms with E-state index in [1.165, 1.54) is 11.8 Å². The predicted octanol–water partition coefficient (Wildman–Crippen LogP) is 3.73. The van der Waals surface area contributed by atoms with E-state index in [0.29, 0.717) is 44.0 Å². The maximum absolute atomic E-state index is 12.3. The molecule has 3 amide bonds. The minimum Gasteiger partial charge on any atom is -0.497 e. The molecule has 1 aromatic heterocycles. The Kier molecular flexibility index (Phi) is 4.87. The Hall–Kier alpha value is -4.11. The van der Waals surface area contributed by atoms with Crippen LogP contribution in [0.5, 0.6) is 5.75 Å². The quantitative estimate of drug-likeness (QED) is 0.468. The molecule has 0 atom stereocenters. The summed E-state index contributed by atoms with van der Waals surface area (Å²) in [6.07, 6.45) is 1.63. The van der Waals surface area contributed by atoms with Gasteiger partial charge in [0, 0.05) is 11.6 Å². The van der Waals surface area contributed by atoms with Gasteiger partial charge in [0.1, 0.15) is 17.3 Å². The highest BCUT2D eigenvalue weighted by molar-refractivity contribution is 8.18. The van der Waals surface area contributed by atoms with Crippen molar-refractivity contribution in [2.45, 2.75) is 0 Å². The van der Waals surface area contributed by atoms with Crippen molar-refractivity contribution in [3.8, 4) is 17.1 Å². The minimum absolute atomic E-state index is 0.270. The molecule has 0 spiro atoms. The van der Waals surface area contributed by atoms with Gasteiger partial charge in [0.05, 0.1) is 28.8 Å². The van der Waals surface area contributed by atoms with Gasteiger partial charge in [0.15, 0.2) is 5.17 Å². The van der Waals surface area contributed by atoms with Crippen LogP contribution in [0.1, 0.15) is 26.5 Å². The third-order valence-corrected chi connectivity index (χ3v) is 5.78.